The van der Waals surface area contributed by atoms with E-state index in [1.165, 1.54) is 0 Å². The summed E-state index contributed by atoms with van der Waals surface area (Å²) >= 11 is 9.33. The van der Waals surface area contributed by atoms with Crippen LogP contribution in [-0.4, -0.2) is 11.2 Å². The lowest BCUT2D eigenvalue weighted by Gasteiger charge is -2.01. The van der Waals surface area contributed by atoms with Gasteiger partial charge in [0.15, 0.2) is 5.82 Å². The van der Waals surface area contributed by atoms with Gasteiger partial charge in [0.2, 0.25) is 0 Å². The first-order valence-corrected chi connectivity index (χ1v) is 4.41. The first kappa shape index (κ1) is 7.25. The fourth-order valence-electron chi connectivity index (χ4n) is 1.01. The number of halogens is 2. The summed E-state index contributed by atoms with van der Waals surface area (Å²) in [4.78, 5) is 8.26. The van der Waals surface area contributed by atoms with Crippen LogP contribution < -0.4 is 0 Å². The fourth-order valence-corrected chi connectivity index (χ4v) is 1.97. The van der Waals surface area contributed by atoms with E-state index in [0.717, 1.165) is 16.4 Å². The Kier molecular flexibility index (Phi) is 1.69. The maximum Gasteiger partial charge on any atom is 0.157 e. The highest BCUT2D eigenvalue weighted by Crippen LogP contribution is 2.38. The topological polar surface area (TPSA) is 25.2 Å². The lowest BCUT2D eigenvalue weighted by atomic mass is 10.2. The summed E-state index contributed by atoms with van der Waals surface area (Å²) in [6.07, 6.45) is 3.44. The third-order valence-corrected chi connectivity index (χ3v) is 2.54. The molecule has 2 rings (SSSR count). The summed E-state index contributed by atoms with van der Waals surface area (Å²) in [5.74, 6) is 0.722. The zero-order valence-corrected chi connectivity index (χ0v) is 7.80. The van der Waals surface area contributed by atoms with Crippen LogP contribution in [0.1, 0.15) is 10.4 Å². The average molecular weight is 231 g/mol. The fraction of sp³-hybridized carbons (Fsp3) is 0.143. The molecule has 0 N–H and O–H groups in total. The van der Waals surface area contributed by atoms with Gasteiger partial charge >= 0.3 is 0 Å². The molecule has 2 heterocycles. The second-order valence-electron chi connectivity index (χ2n) is 2.21. The number of hydrogen-bond acceptors (Lipinski definition) is 2. The van der Waals surface area contributed by atoms with Crippen molar-refractivity contribution < 1.29 is 0 Å². The number of pyridine rings is 1. The lowest BCUT2D eigenvalue weighted by molar-refractivity contribution is 1.25. The van der Waals surface area contributed by atoms with E-state index in [9.17, 15) is 0 Å². The molecular formula is C7H4BrClN2. The Morgan fingerprint density at radius 2 is 2.36 bits per heavy atom. The van der Waals surface area contributed by atoms with Gasteiger partial charge in [-0.3, -0.25) is 0 Å². The molecule has 4 heteroatoms. The molecule has 0 spiro atoms. The molecular weight excluding hydrogens is 227 g/mol. The largest absolute Gasteiger partial charge is 0.240 e. The van der Waals surface area contributed by atoms with Crippen LogP contribution >= 0.6 is 27.5 Å². The Balaban J connectivity index is 2.65. The quantitative estimate of drug-likeness (QED) is 0.630. The van der Waals surface area contributed by atoms with E-state index in [-0.39, 0.29) is 4.83 Å². The standard InChI is InChI=1S/C7H4BrClN2/c8-4-3-11-7-6(4)5(9)1-2-10-7/h1-4H/t4-/m1/s1. The van der Waals surface area contributed by atoms with Crippen LogP contribution in [0, 0.1) is 0 Å². The summed E-state index contributed by atoms with van der Waals surface area (Å²) in [5, 5.41) is 0.717. The van der Waals surface area contributed by atoms with Gasteiger partial charge in [0.25, 0.3) is 0 Å². The van der Waals surface area contributed by atoms with Crippen LogP contribution in [0.5, 0.6) is 0 Å². The van der Waals surface area contributed by atoms with Gasteiger partial charge in [0.1, 0.15) is 0 Å². The first-order valence-electron chi connectivity index (χ1n) is 3.11. The van der Waals surface area contributed by atoms with Crippen molar-refractivity contribution in [2.75, 3.05) is 0 Å². The number of fused-ring (bicyclic) bond motifs is 1. The number of alkyl halides is 1. The summed E-state index contributed by atoms with van der Waals surface area (Å²) in [5.41, 5.74) is 0.967. The van der Waals surface area contributed by atoms with Crippen molar-refractivity contribution in [2.24, 2.45) is 4.99 Å². The SMILES string of the molecule is Clc1ccnc2c1[C@H](Br)C=N2. The molecule has 0 aromatic carbocycles. The third-order valence-electron chi connectivity index (χ3n) is 1.52. The van der Waals surface area contributed by atoms with Crippen LogP contribution in [0.4, 0.5) is 5.82 Å². The molecule has 1 aliphatic heterocycles. The first-order chi connectivity index (χ1) is 5.29. The predicted molar refractivity (Wildman–Crippen MR) is 49.1 cm³/mol. The molecule has 1 aromatic heterocycles. The van der Waals surface area contributed by atoms with Crippen LogP contribution in [-0.2, 0) is 0 Å². The van der Waals surface area contributed by atoms with Crippen molar-refractivity contribution in [3.05, 3.63) is 22.8 Å². The van der Waals surface area contributed by atoms with E-state index >= 15 is 0 Å². The second-order valence-corrected chi connectivity index (χ2v) is 3.60. The third kappa shape index (κ3) is 1.08. The highest BCUT2D eigenvalue weighted by atomic mass is 79.9. The van der Waals surface area contributed by atoms with Gasteiger partial charge < -0.3 is 0 Å². The highest BCUT2D eigenvalue weighted by Gasteiger charge is 2.19. The molecule has 1 aromatic rings. The van der Waals surface area contributed by atoms with Gasteiger partial charge in [0.05, 0.1) is 9.85 Å². The molecule has 56 valence electrons. The predicted octanol–water partition coefficient (Wildman–Crippen LogP) is 2.89. The van der Waals surface area contributed by atoms with Gasteiger partial charge in [-0.1, -0.05) is 27.5 Å². The lowest BCUT2D eigenvalue weighted by Crippen LogP contribution is -1.86. The van der Waals surface area contributed by atoms with Gasteiger partial charge in [0, 0.05) is 18.0 Å². The molecule has 11 heavy (non-hydrogen) atoms. The van der Waals surface area contributed by atoms with E-state index < -0.39 is 0 Å². The molecule has 0 fully saturated rings. The minimum atomic E-state index is 0.124. The van der Waals surface area contributed by atoms with Gasteiger partial charge in [-0.25, -0.2) is 9.98 Å². The Bertz CT molecular complexity index is 324. The van der Waals surface area contributed by atoms with E-state index in [4.69, 9.17) is 11.6 Å². The molecule has 1 atom stereocenters. The molecule has 0 saturated carbocycles. The van der Waals surface area contributed by atoms with Gasteiger partial charge in [-0.05, 0) is 6.07 Å². The maximum atomic E-state index is 5.91. The minimum absolute atomic E-state index is 0.124. The molecule has 0 bridgehead atoms. The number of rotatable bonds is 0. The van der Waals surface area contributed by atoms with Crippen molar-refractivity contribution in [3.8, 4) is 0 Å². The van der Waals surface area contributed by atoms with Crippen LogP contribution in [0.25, 0.3) is 0 Å². The normalized spacial score (nSPS) is 20.4. The number of aliphatic imine (C=N–C) groups is 1. The highest BCUT2D eigenvalue weighted by molar-refractivity contribution is 9.09. The Morgan fingerprint density at radius 3 is 3.09 bits per heavy atom. The van der Waals surface area contributed by atoms with Crippen molar-refractivity contribution in [1.82, 2.24) is 4.98 Å². The summed E-state index contributed by atoms with van der Waals surface area (Å²) in [7, 11) is 0. The van der Waals surface area contributed by atoms with Crippen molar-refractivity contribution in [2.45, 2.75) is 4.83 Å². The second kappa shape index (κ2) is 2.57. The van der Waals surface area contributed by atoms with Gasteiger partial charge in [-0.2, -0.15) is 0 Å². The molecule has 0 amide bonds. The van der Waals surface area contributed by atoms with Crippen molar-refractivity contribution >= 4 is 39.6 Å². The van der Waals surface area contributed by atoms with E-state index in [1.54, 1.807) is 18.5 Å². The molecule has 0 aliphatic carbocycles. The Labute approximate surface area is 77.4 Å². The molecule has 0 unspecified atom stereocenters. The number of hydrogen-bond donors (Lipinski definition) is 0. The summed E-state index contributed by atoms with van der Waals surface area (Å²) < 4.78 is 0. The average Bonchev–Trinajstić information content (AvgIpc) is 2.34. The minimum Gasteiger partial charge on any atom is -0.240 e. The maximum absolute atomic E-state index is 5.91. The summed E-state index contributed by atoms with van der Waals surface area (Å²) in [6, 6.07) is 1.77. The molecule has 0 saturated heterocycles. The van der Waals surface area contributed by atoms with Crippen molar-refractivity contribution in [1.29, 1.82) is 0 Å². The van der Waals surface area contributed by atoms with Crippen LogP contribution in [0.3, 0.4) is 0 Å². The van der Waals surface area contributed by atoms with E-state index in [0.29, 0.717) is 0 Å². The molecule has 2 nitrogen and oxygen atoms in total. The molecule has 1 aliphatic rings. The zero-order chi connectivity index (χ0) is 7.84. The Morgan fingerprint density at radius 1 is 1.55 bits per heavy atom. The zero-order valence-electron chi connectivity index (χ0n) is 5.46. The number of nitrogens with zero attached hydrogens (tertiary/aromatic N) is 2. The van der Waals surface area contributed by atoms with Crippen LogP contribution in [0.15, 0.2) is 17.3 Å². The van der Waals surface area contributed by atoms with E-state index in [1.807, 2.05) is 0 Å². The smallest absolute Gasteiger partial charge is 0.157 e. The van der Waals surface area contributed by atoms with Crippen LogP contribution in [0.2, 0.25) is 5.02 Å². The molecule has 0 radical (unpaired) electrons. The number of aromatic nitrogens is 1. The summed E-state index contributed by atoms with van der Waals surface area (Å²) in [6.45, 7) is 0. The van der Waals surface area contributed by atoms with Gasteiger partial charge in [-0.15, -0.1) is 0 Å². The Hall–Kier alpha value is -0.410. The van der Waals surface area contributed by atoms with E-state index in [2.05, 4.69) is 25.9 Å². The monoisotopic (exact) mass is 230 g/mol. The van der Waals surface area contributed by atoms with Crippen molar-refractivity contribution in [3.63, 3.8) is 0 Å².